The van der Waals surface area contributed by atoms with Gasteiger partial charge in [-0.15, -0.1) is 0 Å². The smallest absolute Gasteiger partial charge is 0.124 e. The monoisotopic (exact) mass is 289 g/mol. The van der Waals surface area contributed by atoms with Crippen LogP contribution in [0.4, 0.5) is 10.1 Å². The van der Waals surface area contributed by atoms with Gasteiger partial charge in [0.25, 0.3) is 0 Å². The molecule has 2 aliphatic rings. The summed E-state index contributed by atoms with van der Waals surface area (Å²) in [7, 11) is 0. The molecule has 0 aliphatic carbocycles. The maximum absolute atomic E-state index is 13.1. The van der Waals surface area contributed by atoms with E-state index in [0.717, 1.165) is 19.7 Å². The average molecular weight is 289 g/mol. The van der Waals surface area contributed by atoms with Crippen LogP contribution in [0.3, 0.4) is 0 Å². The van der Waals surface area contributed by atoms with Crippen LogP contribution in [0, 0.1) is 17.1 Å². The van der Waals surface area contributed by atoms with Crippen molar-refractivity contribution in [3.8, 4) is 6.07 Å². The first-order chi connectivity index (χ1) is 10.3. The van der Waals surface area contributed by atoms with Crippen LogP contribution in [0.15, 0.2) is 18.2 Å². The van der Waals surface area contributed by atoms with Crippen LogP contribution >= 0.6 is 0 Å². The topological polar surface area (TPSA) is 48.3 Å². The van der Waals surface area contributed by atoms with Gasteiger partial charge in [-0.1, -0.05) is 6.42 Å². The Hall–Kier alpha value is -1.64. The minimum absolute atomic E-state index is 0.121. The lowest BCUT2D eigenvalue weighted by atomic mass is 10.0. The Morgan fingerprint density at radius 3 is 3.19 bits per heavy atom. The number of morpholine rings is 1. The van der Waals surface area contributed by atoms with Crippen LogP contribution in [-0.2, 0) is 4.74 Å². The van der Waals surface area contributed by atoms with Crippen molar-refractivity contribution in [1.29, 1.82) is 5.26 Å². The van der Waals surface area contributed by atoms with Crippen LogP contribution < -0.4 is 5.32 Å². The second-order valence-electron chi connectivity index (χ2n) is 5.78. The van der Waals surface area contributed by atoms with E-state index in [1.807, 2.05) is 6.07 Å². The molecule has 2 heterocycles. The maximum Gasteiger partial charge on any atom is 0.124 e. The number of nitriles is 1. The molecule has 0 radical (unpaired) electrons. The second-order valence-corrected chi connectivity index (χ2v) is 5.78. The number of anilines is 1. The summed E-state index contributed by atoms with van der Waals surface area (Å²) in [5.41, 5.74) is 1.00. The standard InChI is InChI=1S/C16H20FN3O/c17-13-4-5-16(12(7-13)8-18)19-9-15-10-20-6-2-1-3-14(20)11-21-15/h4-5,7,14-15,19H,1-3,6,9-11H2/t14-,15+/m1/s1. The molecule has 3 rings (SSSR count). The first-order valence-electron chi connectivity index (χ1n) is 7.55. The van der Waals surface area contributed by atoms with Crippen molar-refractivity contribution in [3.63, 3.8) is 0 Å². The van der Waals surface area contributed by atoms with E-state index in [9.17, 15) is 4.39 Å². The van der Waals surface area contributed by atoms with E-state index in [1.165, 1.54) is 31.4 Å². The van der Waals surface area contributed by atoms with Crippen molar-refractivity contribution in [2.75, 3.05) is 31.6 Å². The second kappa shape index (κ2) is 6.42. The third kappa shape index (κ3) is 3.34. The molecule has 2 atom stereocenters. The summed E-state index contributed by atoms with van der Waals surface area (Å²) in [6, 6.07) is 6.83. The van der Waals surface area contributed by atoms with Crippen LogP contribution in [0.1, 0.15) is 24.8 Å². The van der Waals surface area contributed by atoms with Crippen molar-refractivity contribution in [1.82, 2.24) is 4.90 Å². The molecule has 0 saturated carbocycles. The Morgan fingerprint density at radius 2 is 2.33 bits per heavy atom. The summed E-state index contributed by atoms with van der Waals surface area (Å²) in [5, 5.41) is 12.3. The van der Waals surface area contributed by atoms with Crippen LogP contribution in [0.2, 0.25) is 0 Å². The zero-order chi connectivity index (χ0) is 14.7. The normalized spacial score (nSPS) is 25.9. The molecule has 0 amide bonds. The Morgan fingerprint density at radius 1 is 1.43 bits per heavy atom. The third-order valence-electron chi connectivity index (χ3n) is 4.33. The minimum Gasteiger partial charge on any atom is -0.381 e. The van der Waals surface area contributed by atoms with Crippen LogP contribution in [-0.4, -0.2) is 43.3 Å². The van der Waals surface area contributed by atoms with E-state index in [-0.39, 0.29) is 11.9 Å². The van der Waals surface area contributed by atoms with Gasteiger partial charge in [-0.25, -0.2) is 4.39 Å². The van der Waals surface area contributed by atoms with Gasteiger partial charge in [0.15, 0.2) is 0 Å². The zero-order valence-corrected chi connectivity index (χ0v) is 12.0. The van der Waals surface area contributed by atoms with Gasteiger partial charge < -0.3 is 10.1 Å². The third-order valence-corrected chi connectivity index (χ3v) is 4.33. The highest BCUT2D eigenvalue weighted by Gasteiger charge is 2.30. The van der Waals surface area contributed by atoms with Gasteiger partial charge >= 0.3 is 0 Å². The fourth-order valence-electron chi connectivity index (χ4n) is 3.16. The lowest BCUT2D eigenvalue weighted by Gasteiger charge is -2.42. The van der Waals surface area contributed by atoms with E-state index in [0.29, 0.717) is 23.8 Å². The molecule has 0 unspecified atom stereocenters. The van der Waals surface area contributed by atoms with Crippen molar-refractivity contribution in [2.45, 2.75) is 31.4 Å². The number of benzene rings is 1. The number of rotatable bonds is 3. The van der Waals surface area contributed by atoms with E-state index in [1.54, 1.807) is 6.07 Å². The van der Waals surface area contributed by atoms with Crippen LogP contribution in [0.5, 0.6) is 0 Å². The zero-order valence-electron chi connectivity index (χ0n) is 12.0. The van der Waals surface area contributed by atoms with Crippen molar-refractivity contribution in [2.24, 2.45) is 0 Å². The molecule has 21 heavy (non-hydrogen) atoms. The summed E-state index contributed by atoms with van der Waals surface area (Å²) >= 11 is 0. The highest BCUT2D eigenvalue weighted by Crippen LogP contribution is 2.23. The first kappa shape index (κ1) is 14.3. The molecule has 0 aromatic heterocycles. The van der Waals surface area contributed by atoms with E-state index >= 15 is 0 Å². The fourth-order valence-corrected chi connectivity index (χ4v) is 3.16. The summed E-state index contributed by atoms with van der Waals surface area (Å²) in [6.45, 7) is 3.52. The van der Waals surface area contributed by atoms with Crippen molar-refractivity contribution < 1.29 is 9.13 Å². The molecule has 4 nitrogen and oxygen atoms in total. The Balaban J connectivity index is 1.57. The maximum atomic E-state index is 13.1. The number of nitrogens with zero attached hydrogens (tertiary/aromatic N) is 2. The number of hydrogen-bond acceptors (Lipinski definition) is 4. The molecule has 112 valence electrons. The number of fused-ring (bicyclic) bond motifs is 1. The Kier molecular flexibility index (Phi) is 4.37. The van der Waals surface area contributed by atoms with E-state index in [2.05, 4.69) is 10.2 Å². The summed E-state index contributed by atoms with van der Waals surface area (Å²) in [5.74, 6) is -0.387. The molecular weight excluding hydrogens is 269 g/mol. The molecular formula is C16H20FN3O. The van der Waals surface area contributed by atoms with E-state index < -0.39 is 0 Å². The molecule has 1 aromatic carbocycles. The Bertz CT molecular complexity index is 543. The summed E-state index contributed by atoms with van der Waals surface area (Å²) in [4.78, 5) is 2.51. The molecule has 0 bridgehead atoms. The van der Waals surface area contributed by atoms with Gasteiger partial charge in [-0.3, -0.25) is 4.90 Å². The molecule has 0 spiro atoms. The first-order valence-corrected chi connectivity index (χ1v) is 7.55. The van der Waals surface area contributed by atoms with Crippen molar-refractivity contribution >= 4 is 5.69 Å². The molecule has 1 N–H and O–H groups in total. The average Bonchev–Trinajstić information content (AvgIpc) is 2.53. The highest BCUT2D eigenvalue weighted by atomic mass is 19.1. The van der Waals surface area contributed by atoms with Crippen LogP contribution in [0.25, 0.3) is 0 Å². The van der Waals surface area contributed by atoms with Gasteiger partial charge in [-0.05, 0) is 37.6 Å². The summed E-state index contributed by atoms with van der Waals surface area (Å²) in [6.07, 6.45) is 3.93. The lowest BCUT2D eigenvalue weighted by molar-refractivity contribution is -0.0688. The van der Waals surface area contributed by atoms with Gasteiger partial charge in [0, 0.05) is 19.1 Å². The van der Waals surface area contributed by atoms with Gasteiger partial charge in [0.1, 0.15) is 11.9 Å². The molecule has 2 fully saturated rings. The largest absolute Gasteiger partial charge is 0.381 e. The number of nitrogens with one attached hydrogen (secondary N) is 1. The minimum atomic E-state index is -0.387. The predicted octanol–water partition coefficient (Wildman–Crippen LogP) is 2.36. The van der Waals surface area contributed by atoms with Gasteiger partial charge in [0.2, 0.25) is 0 Å². The SMILES string of the molecule is N#Cc1cc(F)ccc1NC[C@H]1CN2CCCC[C@@H]2CO1. The summed E-state index contributed by atoms with van der Waals surface area (Å²) < 4.78 is 19.0. The molecule has 2 aliphatic heterocycles. The molecule has 2 saturated heterocycles. The molecule has 1 aromatic rings. The Labute approximate surface area is 124 Å². The number of ether oxygens (including phenoxy) is 1. The predicted molar refractivity (Wildman–Crippen MR) is 78.6 cm³/mol. The van der Waals surface area contributed by atoms with Gasteiger partial charge in [0.05, 0.1) is 24.0 Å². The number of piperidine rings is 1. The fraction of sp³-hybridized carbons (Fsp3) is 0.562. The van der Waals surface area contributed by atoms with Gasteiger partial charge in [-0.2, -0.15) is 5.26 Å². The highest BCUT2D eigenvalue weighted by molar-refractivity contribution is 5.57. The van der Waals surface area contributed by atoms with E-state index in [4.69, 9.17) is 10.00 Å². The van der Waals surface area contributed by atoms with Crippen molar-refractivity contribution in [3.05, 3.63) is 29.6 Å². The quantitative estimate of drug-likeness (QED) is 0.928. The molecule has 5 heteroatoms. The number of halogens is 1. The lowest BCUT2D eigenvalue weighted by Crippen LogP contribution is -2.53. The number of hydrogen-bond donors (Lipinski definition) is 1.